The number of ether oxygens (including phenoxy) is 1. The molecule has 1 aromatic carbocycles. The molecule has 5 rings (SSSR count). The zero-order valence-corrected chi connectivity index (χ0v) is 18.6. The van der Waals surface area contributed by atoms with Crippen LogP contribution in [-0.4, -0.2) is 64.1 Å². The largest absolute Gasteiger partial charge is 0.378 e. The van der Waals surface area contributed by atoms with E-state index in [2.05, 4.69) is 21.4 Å². The second kappa shape index (κ2) is 9.23. The Hall–Kier alpha value is -3.78. The molecule has 0 radical (unpaired) electrons. The summed E-state index contributed by atoms with van der Waals surface area (Å²) in [5, 5.41) is 24.0. The number of amides is 1. The van der Waals surface area contributed by atoms with Crippen LogP contribution in [0.4, 0.5) is 17.5 Å². The van der Waals surface area contributed by atoms with Crippen molar-refractivity contribution in [2.24, 2.45) is 0 Å². The topological polar surface area (TPSA) is 138 Å². The number of nitro benzene ring substituents is 1. The molecule has 0 bridgehead atoms. The molecule has 2 fully saturated rings. The summed E-state index contributed by atoms with van der Waals surface area (Å²) in [5.74, 6) is 0.939. The lowest BCUT2D eigenvalue weighted by molar-refractivity contribution is -0.384. The number of carbonyl (C=O) groups excluding carboxylic acids is 1. The average molecular weight is 463 g/mol. The Morgan fingerprint density at radius 1 is 1.26 bits per heavy atom. The van der Waals surface area contributed by atoms with Gasteiger partial charge in [-0.3, -0.25) is 14.9 Å². The van der Waals surface area contributed by atoms with Crippen molar-refractivity contribution in [1.29, 1.82) is 5.26 Å². The molecule has 3 heterocycles. The summed E-state index contributed by atoms with van der Waals surface area (Å²) >= 11 is 0. The first-order valence-electron chi connectivity index (χ1n) is 11.5. The predicted octanol–water partition coefficient (Wildman–Crippen LogP) is 2.47. The Bertz CT molecular complexity index is 1160. The van der Waals surface area contributed by atoms with Gasteiger partial charge in [0.2, 0.25) is 5.95 Å². The van der Waals surface area contributed by atoms with Crippen molar-refractivity contribution in [1.82, 2.24) is 14.9 Å². The Balaban J connectivity index is 1.28. The summed E-state index contributed by atoms with van der Waals surface area (Å²) < 4.78 is 5.41. The summed E-state index contributed by atoms with van der Waals surface area (Å²) in [7, 11) is 0. The summed E-state index contributed by atoms with van der Waals surface area (Å²) in [6.07, 6.45) is 5.03. The third-order valence-electron chi connectivity index (χ3n) is 6.76. The van der Waals surface area contributed by atoms with Crippen LogP contribution in [0.2, 0.25) is 0 Å². The van der Waals surface area contributed by atoms with E-state index in [1.165, 1.54) is 12.1 Å². The normalized spacial score (nSPS) is 22.3. The van der Waals surface area contributed by atoms with Crippen molar-refractivity contribution in [2.45, 2.75) is 44.3 Å². The molecule has 1 N–H and O–H groups in total. The van der Waals surface area contributed by atoms with Crippen LogP contribution in [-0.2, 0) is 11.3 Å². The van der Waals surface area contributed by atoms with Gasteiger partial charge in [0.05, 0.1) is 29.9 Å². The van der Waals surface area contributed by atoms with E-state index < -0.39 is 4.92 Å². The maximum Gasteiger partial charge on any atom is 0.270 e. The molecule has 34 heavy (non-hydrogen) atoms. The second-order valence-electron chi connectivity index (χ2n) is 8.84. The van der Waals surface area contributed by atoms with E-state index in [1.54, 1.807) is 12.3 Å². The fraction of sp³-hybridized carbons (Fsp3) is 0.478. The first kappa shape index (κ1) is 22.0. The minimum atomic E-state index is -0.473. The predicted molar refractivity (Wildman–Crippen MR) is 122 cm³/mol. The van der Waals surface area contributed by atoms with Crippen LogP contribution in [0.1, 0.15) is 47.2 Å². The highest BCUT2D eigenvalue weighted by Crippen LogP contribution is 2.33. The molecule has 2 aromatic rings. The van der Waals surface area contributed by atoms with Gasteiger partial charge in [-0.2, -0.15) is 10.2 Å². The quantitative estimate of drug-likeness (QED) is 0.523. The lowest BCUT2D eigenvalue weighted by atomic mass is 9.90. The van der Waals surface area contributed by atoms with E-state index in [4.69, 9.17) is 4.74 Å². The van der Waals surface area contributed by atoms with Gasteiger partial charge in [0, 0.05) is 43.9 Å². The molecular formula is C23H25N7O4. The van der Waals surface area contributed by atoms with Crippen LogP contribution in [0.15, 0.2) is 24.4 Å². The van der Waals surface area contributed by atoms with Crippen LogP contribution in [0.3, 0.4) is 0 Å². The number of non-ortho nitro benzene ring substituents is 1. The van der Waals surface area contributed by atoms with Gasteiger partial charge in [0.1, 0.15) is 11.6 Å². The van der Waals surface area contributed by atoms with Crippen LogP contribution >= 0.6 is 0 Å². The van der Waals surface area contributed by atoms with Crippen LogP contribution in [0, 0.1) is 21.4 Å². The summed E-state index contributed by atoms with van der Waals surface area (Å²) in [6.45, 7) is 3.01. The zero-order valence-electron chi connectivity index (χ0n) is 18.6. The lowest BCUT2D eigenvalue weighted by Crippen LogP contribution is -2.42. The molecule has 1 aliphatic carbocycles. The number of nitrogens with one attached hydrogen (secondary N) is 1. The number of anilines is 2. The molecule has 1 saturated carbocycles. The first-order chi connectivity index (χ1) is 16.5. The highest BCUT2D eigenvalue weighted by Gasteiger charge is 2.36. The molecule has 0 unspecified atom stereocenters. The van der Waals surface area contributed by atoms with Crippen molar-refractivity contribution in [3.63, 3.8) is 0 Å². The third kappa shape index (κ3) is 4.24. The van der Waals surface area contributed by atoms with Crippen molar-refractivity contribution in [3.8, 4) is 6.07 Å². The van der Waals surface area contributed by atoms with Gasteiger partial charge in [-0.15, -0.1) is 0 Å². The minimum Gasteiger partial charge on any atom is -0.378 e. The molecular weight excluding hydrogens is 438 g/mol. The number of nitriles is 1. The van der Waals surface area contributed by atoms with Gasteiger partial charge in [-0.1, -0.05) is 0 Å². The maximum absolute atomic E-state index is 13.0. The molecule has 1 amide bonds. The smallest absolute Gasteiger partial charge is 0.270 e. The standard InChI is InChI=1S/C23H25N7O4/c24-12-16-13-25-23(27-21(16)28-6-8-34-9-7-28)26-17-2-1-3-18(10-17)29-14-15-4-5-19(30(32)33)11-20(15)22(29)31/h4-5,11,13,17-18H,1-3,6-10,14H2,(H,25,26,27)/t17-,18+/m1/s1. The molecule has 3 aliphatic rings. The second-order valence-corrected chi connectivity index (χ2v) is 8.84. The van der Waals surface area contributed by atoms with Gasteiger partial charge in [0.25, 0.3) is 11.6 Å². The van der Waals surface area contributed by atoms with Gasteiger partial charge in [-0.05, 0) is 37.3 Å². The van der Waals surface area contributed by atoms with Crippen molar-refractivity contribution >= 4 is 23.4 Å². The van der Waals surface area contributed by atoms with Crippen LogP contribution < -0.4 is 10.2 Å². The minimum absolute atomic E-state index is 0.0299. The molecule has 11 nitrogen and oxygen atoms in total. The number of aromatic nitrogens is 2. The number of carbonyl (C=O) groups is 1. The number of benzene rings is 1. The fourth-order valence-corrected chi connectivity index (χ4v) is 5.02. The Labute approximate surface area is 196 Å². The molecule has 0 spiro atoms. The summed E-state index contributed by atoms with van der Waals surface area (Å²) in [6, 6.07) is 6.80. The third-order valence-corrected chi connectivity index (χ3v) is 6.76. The molecule has 176 valence electrons. The number of morpholine rings is 1. The average Bonchev–Trinajstić information content (AvgIpc) is 3.20. The summed E-state index contributed by atoms with van der Waals surface area (Å²) in [5.41, 5.74) is 1.63. The highest BCUT2D eigenvalue weighted by molar-refractivity contribution is 5.99. The number of nitro groups is 1. The van der Waals surface area contributed by atoms with E-state index in [9.17, 15) is 20.2 Å². The van der Waals surface area contributed by atoms with Crippen molar-refractivity contribution in [2.75, 3.05) is 36.5 Å². The monoisotopic (exact) mass is 463 g/mol. The Morgan fingerprint density at radius 3 is 2.85 bits per heavy atom. The van der Waals surface area contributed by atoms with Crippen molar-refractivity contribution in [3.05, 3.63) is 51.2 Å². The zero-order chi connectivity index (χ0) is 23.7. The number of hydrogen-bond acceptors (Lipinski definition) is 9. The first-order valence-corrected chi connectivity index (χ1v) is 11.5. The lowest BCUT2D eigenvalue weighted by Gasteiger charge is -2.35. The highest BCUT2D eigenvalue weighted by atomic mass is 16.6. The van der Waals surface area contributed by atoms with Gasteiger partial charge < -0.3 is 19.9 Å². The van der Waals surface area contributed by atoms with E-state index in [1.807, 2.05) is 9.80 Å². The van der Waals surface area contributed by atoms with Gasteiger partial charge >= 0.3 is 0 Å². The van der Waals surface area contributed by atoms with Crippen LogP contribution in [0.5, 0.6) is 0 Å². The molecule has 2 aliphatic heterocycles. The van der Waals surface area contributed by atoms with Crippen LogP contribution in [0.25, 0.3) is 0 Å². The summed E-state index contributed by atoms with van der Waals surface area (Å²) in [4.78, 5) is 36.5. The Morgan fingerprint density at radius 2 is 2.09 bits per heavy atom. The maximum atomic E-state index is 13.0. The molecule has 11 heteroatoms. The van der Waals surface area contributed by atoms with Gasteiger partial charge in [0.15, 0.2) is 5.82 Å². The van der Waals surface area contributed by atoms with Gasteiger partial charge in [-0.25, -0.2) is 4.98 Å². The van der Waals surface area contributed by atoms with E-state index in [-0.39, 0.29) is 23.7 Å². The molecule has 1 aromatic heterocycles. The fourth-order valence-electron chi connectivity index (χ4n) is 5.02. The van der Waals surface area contributed by atoms with E-state index >= 15 is 0 Å². The number of fused-ring (bicyclic) bond motifs is 1. The molecule has 2 atom stereocenters. The van der Waals surface area contributed by atoms with Crippen molar-refractivity contribution < 1.29 is 14.5 Å². The SMILES string of the molecule is N#Cc1cnc(N[C@@H]2CCC[C@H](N3Cc4ccc([N+](=O)[O-])cc4C3=O)C2)nc1N1CCOCC1. The number of nitrogens with zero attached hydrogens (tertiary/aromatic N) is 6. The van der Waals surface area contributed by atoms with E-state index in [0.29, 0.717) is 55.7 Å². The Kier molecular flexibility index (Phi) is 5.98. The number of hydrogen-bond donors (Lipinski definition) is 1. The van der Waals surface area contributed by atoms with E-state index in [0.717, 1.165) is 31.2 Å². The number of rotatable bonds is 5. The molecule has 1 saturated heterocycles.